The molecule has 0 fully saturated rings. The predicted molar refractivity (Wildman–Crippen MR) is 63.3 cm³/mol. The normalized spacial score (nSPS) is 13.2. The first-order valence-corrected chi connectivity index (χ1v) is 5.49. The van der Waals surface area contributed by atoms with Crippen molar-refractivity contribution in [1.82, 2.24) is 0 Å². The molecule has 0 saturated heterocycles. The number of carbonyl (C=O) groups excluding carboxylic acids is 1. The van der Waals surface area contributed by atoms with Gasteiger partial charge in [-0.2, -0.15) is 13.2 Å². The van der Waals surface area contributed by atoms with Crippen molar-refractivity contribution in [3.8, 4) is 0 Å². The van der Waals surface area contributed by atoms with Crippen LogP contribution >= 0.6 is 11.6 Å². The molecule has 0 spiro atoms. The molecule has 0 heterocycles. The molecule has 1 aromatic rings. The molecule has 0 aliphatic rings. The average Bonchev–Trinajstić information content (AvgIpc) is 2.25. The highest BCUT2D eigenvalue weighted by Crippen LogP contribution is 2.36. The SMILES string of the molecule is CC(CNc1ccc(Cl)c(C(F)(F)F)c1)C(N)=O. The molecular formula is C11H12ClF3N2O. The van der Waals surface area contributed by atoms with E-state index in [0.29, 0.717) is 0 Å². The van der Waals surface area contributed by atoms with Crippen molar-refractivity contribution < 1.29 is 18.0 Å². The van der Waals surface area contributed by atoms with E-state index in [1.54, 1.807) is 6.92 Å². The fourth-order valence-electron chi connectivity index (χ4n) is 1.22. The minimum Gasteiger partial charge on any atom is -0.384 e. The van der Waals surface area contributed by atoms with Gasteiger partial charge in [-0.25, -0.2) is 0 Å². The number of halogens is 4. The summed E-state index contributed by atoms with van der Waals surface area (Å²) in [7, 11) is 0. The van der Waals surface area contributed by atoms with Crippen LogP contribution in [-0.4, -0.2) is 12.5 Å². The van der Waals surface area contributed by atoms with E-state index in [0.717, 1.165) is 12.1 Å². The fourth-order valence-corrected chi connectivity index (χ4v) is 1.45. The van der Waals surface area contributed by atoms with Gasteiger partial charge >= 0.3 is 6.18 Å². The Kier molecular flexibility index (Phi) is 4.45. The van der Waals surface area contributed by atoms with Crippen LogP contribution in [0.25, 0.3) is 0 Å². The summed E-state index contributed by atoms with van der Waals surface area (Å²) < 4.78 is 37.7. The monoisotopic (exact) mass is 280 g/mol. The van der Waals surface area contributed by atoms with Crippen LogP contribution in [0.15, 0.2) is 18.2 Å². The number of benzene rings is 1. The molecule has 7 heteroatoms. The molecular weight excluding hydrogens is 269 g/mol. The number of nitrogens with one attached hydrogen (secondary N) is 1. The van der Waals surface area contributed by atoms with Crippen molar-refractivity contribution in [2.75, 3.05) is 11.9 Å². The van der Waals surface area contributed by atoms with E-state index < -0.39 is 23.6 Å². The molecule has 0 bridgehead atoms. The zero-order valence-electron chi connectivity index (χ0n) is 9.51. The number of hydrogen-bond donors (Lipinski definition) is 2. The summed E-state index contributed by atoms with van der Waals surface area (Å²) in [6.45, 7) is 1.74. The first kappa shape index (κ1) is 14.6. The Balaban J connectivity index is 2.83. The maximum absolute atomic E-state index is 12.6. The molecule has 3 N–H and O–H groups in total. The molecule has 100 valence electrons. The molecule has 0 radical (unpaired) electrons. The maximum Gasteiger partial charge on any atom is 0.417 e. The number of alkyl halides is 3. The molecule has 1 atom stereocenters. The molecule has 0 aromatic heterocycles. The second-order valence-electron chi connectivity index (χ2n) is 3.88. The van der Waals surface area contributed by atoms with Gasteiger partial charge < -0.3 is 11.1 Å². The average molecular weight is 281 g/mol. The van der Waals surface area contributed by atoms with Gasteiger partial charge in [0.15, 0.2) is 0 Å². The second kappa shape index (κ2) is 5.48. The van der Waals surface area contributed by atoms with Crippen LogP contribution in [0.1, 0.15) is 12.5 Å². The summed E-state index contributed by atoms with van der Waals surface area (Å²) in [6.07, 6.45) is -4.51. The van der Waals surface area contributed by atoms with Gasteiger partial charge in [0.1, 0.15) is 0 Å². The molecule has 18 heavy (non-hydrogen) atoms. The zero-order valence-corrected chi connectivity index (χ0v) is 10.3. The Morgan fingerprint density at radius 3 is 2.61 bits per heavy atom. The Hall–Kier alpha value is -1.43. The molecule has 0 saturated carbocycles. The van der Waals surface area contributed by atoms with Crippen LogP contribution in [0.3, 0.4) is 0 Å². The lowest BCUT2D eigenvalue weighted by Gasteiger charge is -2.14. The van der Waals surface area contributed by atoms with Gasteiger partial charge in [0.2, 0.25) is 5.91 Å². The third-order valence-corrected chi connectivity index (χ3v) is 2.70. The lowest BCUT2D eigenvalue weighted by atomic mass is 10.1. The summed E-state index contributed by atoms with van der Waals surface area (Å²) in [5, 5.41) is 2.34. The lowest BCUT2D eigenvalue weighted by Crippen LogP contribution is -2.26. The van der Waals surface area contributed by atoms with Crippen LogP contribution in [0, 0.1) is 5.92 Å². The van der Waals surface area contributed by atoms with E-state index in [-0.39, 0.29) is 17.3 Å². The number of carbonyl (C=O) groups is 1. The van der Waals surface area contributed by atoms with E-state index in [1.165, 1.54) is 6.07 Å². The smallest absolute Gasteiger partial charge is 0.384 e. The van der Waals surface area contributed by atoms with Crippen molar-refractivity contribution in [3.05, 3.63) is 28.8 Å². The van der Waals surface area contributed by atoms with Gasteiger partial charge in [0, 0.05) is 12.2 Å². The molecule has 1 rings (SSSR count). The minimum absolute atomic E-state index is 0.161. The largest absolute Gasteiger partial charge is 0.417 e. The number of hydrogen-bond acceptors (Lipinski definition) is 2. The third-order valence-electron chi connectivity index (χ3n) is 2.37. The van der Waals surface area contributed by atoms with E-state index in [4.69, 9.17) is 17.3 Å². The number of primary amides is 1. The molecule has 0 aliphatic heterocycles. The van der Waals surface area contributed by atoms with Gasteiger partial charge in [-0.15, -0.1) is 0 Å². The Morgan fingerprint density at radius 2 is 2.11 bits per heavy atom. The van der Waals surface area contributed by atoms with Crippen molar-refractivity contribution in [3.63, 3.8) is 0 Å². The highest BCUT2D eigenvalue weighted by Gasteiger charge is 2.33. The molecule has 1 amide bonds. The second-order valence-corrected chi connectivity index (χ2v) is 4.28. The van der Waals surface area contributed by atoms with Gasteiger partial charge in [0.05, 0.1) is 16.5 Å². The van der Waals surface area contributed by atoms with Crippen LogP contribution < -0.4 is 11.1 Å². The number of amides is 1. The maximum atomic E-state index is 12.6. The quantitative estimate of drug-likeness (QED) is 0.891. The summed E-state index contributed by atoms with van der Waals surface area (Å²) in [6, 6.07) is 3.46. The van der Waals surface area contributed by atoms with Crippen molar-refractivity contribution in [1.29, 1.82) is 0 Å². The molecule has 3 nitrogen and oxygen atoms in total. The number of anilines is 1. The van der Waals surface area contributed by atoms with Gasteiger partial charge in [-0.05, 0) is 18.2 Å². The summed E-state index contributed by atoms with van der Waals surface area (Å²) in [4.78, 5) is 10.8. The van der Waals surface area contributed by atoms with Crippen LogP contribution in [0.5, 0.6) is 0 Å². The summed E-state index contributed by atoms with van der Waals surface area (Å²) in [5.74, 6) is -0.998. The fraction of sp³-hybridized carbons (Fsp3) is 0.364. The zero-order chi connectivity index (χ0) is 13.9. The predicted octanol–water partition coefficient (Wildman–Crippen LogP) is 2.89. The van der Waals surface area contributed by atoms with E-state index in [1.807, 2.05) is 0 Å². The van der Waals surface area contributed by atoms with E-state index in [2.05, 4.69) is 5.32 Å². The first-order valence-electron chi connectivity index (χ1n) is 5.11. The highest BCUT2D eigenvalue weighted by molar-refractivity contribution is 6.31. The molecule has 1 aromatic carbocycles. The van der Waals surface area contributed by atoms with Crippen molar-refractivity contribution in [2.45, 2.75) is 13.1 Å². The van der Waals surface area contributed by atoms with Crippen molar-refractivity contribution >= 4 is 23.2 Å². The first-order chi connectivity index (χ1) is 8.21. The third kappa shape index (κ3) is 3.80. The Bertz CT molecular complexity index is 448. The highest BCUT2D eigenvalue weighted by atomic mass is 35.5. The topological polar surface area (TPSA) is 55.1 Å². The molecule has 1 unspecified atom stereocenters. The minimum atomic E-state index is -4.51. The number of nitrogens with two attached hydrogens (primary N) is 1. The van der Waals surface area contributed by atoms with Crippen LogP contribution in [0.4, 0.5) is 18.9 Å². The Morgan fingerprint density at radius 1 is 1.50 bits per heavy atom. The molecule has 0 aliphatic carbocycles. The van der Waals surface area contributed by atoms with Crippen molar-refractivity contribution in [2.24, 2.45) is 11.7 Å². The van der Waals surface area contributed by atoms with Crippen LogP contribution in [0.2, 0.25) is 5.02 Å². The number of rotatable bonds is 4. The van der Waals surface area contributed by atoms with Gasteiger partial charge in [-0.3, -0.25) is 4.79 Å². The van der Waals surface area contributed by atoms with Crippen LogP contribution in [-0.2, 0) is 11.0 Å². The Labute approximate surface area is 107 Å². The van der Waals surface area contributed by atoms with E-state index >= 15 is 0 Å². The van der Waals surface area contributed by atoms with E-state index in [9.17, 15) is 18.0 Å². The summed E-state index contributed by atoms with van der Waals surface area (Å²) >= 11 is 5.47. The van der Waals surface area contributed by atoms with Gasteiger partial charge in [-0.1, -0.05) is 18.5 Å². The standard InChI is InChI=1S/C11H12ClF3N2O/c1-6(10(16)18)5-17-7-2-3-9(12)8(4-7)11(13,14)15/h2-4,6,17H,5H2,1H3,(H2,16,18). The summed E-state index contributed by atoms with van der Waals surface area (Å²) in [5.41, 5.74) is 4.36. The lowest BCUT2D eigenvalue weighted by molar-refractivity contribution is -0.137. The van der Waals surface area contributed by atoms with Gasteiger partial charge in [0.25, 0.3) is 0 Å².